The molecule has 32 heavy (non-hydrogen) atoms. The number of aromatic nitrogens is 5. The standard InChI is InChI=1S/C23H25N5O3S/c1-3-22-24-20(27-31-22)16-32-23-26-25-21(28(23)13-14-29-2)15-30-19-12-8-7-11-18(19)17-9-5-4-6-10-17/h4-12H,3,13-16H2,1-2H3. The van der Waals surface area contributed by atoms with Crippen LogP contribution in [0.1, 0.15) is 24.5 Å². The third-order valence-electron chi connectivity index (χ3n) is 4.78. The zero-order valence-corrected chi connectivity index (χ0v) is 18.9. The van der Waals surface area contributed by atoms with Crippen LogP contribution in [0.25, 0.3) is 11.1 Å². The summed E-state index contributed by atoms with van der Waals surface area (Å²) in [6.45, 7) is 3.44. The molecule has 4 rings (SSSR count). The maximum absolute atomic E-state index is 6.18. The van der Waals surface area contributed by atoms with Crippen molar-refractivity contribution in [3.63, 3.8) is 0 Å². The van der Waals surface area contributed by atoms with E-state index in [1.54, 1.807) is 7.11 Å². The summed E-state index contributed by atoms with van der Waals surface area (Å²) in [4.78, 5) is 4.35. The summed E-state index contributed by atoms with van der Waals surface area (Å²) < 4.78 is 18.7. The molecule has 0 N–H and O–H groups in total. The van der Waals surface area contributed by atoms with Crippen LogP contribution < -0.4 is 4.74 Å². The Bertz CT molecular complexity index is 1130. The summed E-state index contributed by atoms with van der Waals surface area (Å²) in [5, 5.41) is 13.5. The van der Waals surface area contributed by atoms with Gasteiger partial charge in [-0.05, 0) is 11.6 Å². The number of nitrogens with zero attached hydrogens (tertiary/aromatic N) is 5. The molecule has 0 saturated carbocycles. The van der Waals surface area contributed by atoms with Gasteiger partial charge in [0.2, 0.25) is 5.89 Å². The zero-order chi connectivity index (χ0) is 22.2. The third kappa shape index (κ3) is 5.35. The highest BCUT2D eigenvalue weighted by Crippen LogP contribution is 2.30. The van der Waals surface area contributed by atoms with Gasteiger partial charge >= 0.3 is 0 Å². The van der Waals surface area contributed by atoms with Gasteiger partial charge in [-0.2, -0.15) is 4.98 Å². The molecule has 166 valence electrons. The Morgan fingerprint density at radius 1 is 1.03 bits per heavy atom. The molecule has 8 nitrogen and oxygen atoms in total. The number of ether oxygens (including phenoxy) is 2. The van der Waals surface area contributed by atoms with Crippen molar-refractivity contribution in [2.24, 2.45) is 0 Å². The fourth-order valence-corrected chi connectivity index (χ4v) is 3.98. The molecule has 0 saturated heterocycles. The molecule has 0 spiro atoms. The van der Waals surface area contributed by atoms with E-state index in [4.69, 9.17) is 14.0 Å². The zero-order valence-electron chi connectivity index (χ0n) is 18.1. The predicted molar refractivity (Wildman–Crippen MR) is 121 cm³/mol. The first-order valence-electron chi connectivity index (χ1n) is 10.4. The highest BCUT2D eigenvalue weighted by molar-refractivity contribution is 7.98. The van der Waals surface area contributed by atoms with E-state index in [1.807, 2.05) is 47.9 Å². The lowest BCUT2D eigenvalue weighted by Gasteiger charge is -2.13. The fourth-order valence-electron chi connectivity index (χ4n) is 3.15. The maximum Gasteiger partial charge on any atom is 0.226 e. The molecule has 2 heterocycles. The summed E-state index contributed by atoms with van der Waals surface area (Å²) in [6, 6.07) is 18.2. The second-order valence-corrected chi connectivity index (χ2v) is 7.88. The second kappa shape index (κ2) is 10.9. The molecule has 2 aromatic carbocycles. The highest BCUT2D eigenvalue weighted by Gasteiger charge is 2.16. The quantitative estimate of drug-likeness (QED) is 0.310. The number of rotatable bonds is 11. The van der Waals surface area contributed by atoms with Crippen LogP contribution in [0.5, 0.6) is 5.75 Å². The van der Waals surface area contributed by atoms with Crippen LogP contribution in [-0.2, 0) is 30.1 Å². The molecule has 0 bridgehead atoms. The fraction of sp³-hybridized carbons (Fsp3) is 0.304. The highest BCUT2D eigenvalue weighted by atomic mass is 32.2. The van der Waals surface area contributed by atoms with Crippen molar-refractivity contribution in [1.82, 2.24) is 24.9 Å². The first-order chi connectivity index (χ1) is 15.8. The molecule has 0 aliphatic carbocycles. The average molecular weight is 452 g/mol. The number of hydrogen-bond acceptors (Lipinski definition) is 8. The van der Waals surface area contributed by atoms with E-state index >= 15 is 0 Å². The topological polar surface area (TPSA) is 88.1 Å². The number of para-hydroxylation sites is 1. The summed E-state index contributed by atoms with van der Waals surface area (Å²) >= 11 is 1.51. The van der Waals surface area contributed by atoms with E-state index in [2.05, 4.69) is 38.5 Å². The van der Waals surface area contributed by atoms with Crippen LogP contribution in [0.2, 0.25) is 0 Å². The first-order valence-corrected chi connectivity index (χ1v) is 11.4. The molecule has 0 fully saturated rings. The van der Waals surface area contributed by atoms with Crippen molar-refractivity contribution in [3.05, 3.63) is 72.1 Å². The monoisotopic (exact) mass is 451 g/mol. The minimum Gasteiger partial charge on any atom is -0.485 e. The van der Waals surface area contributed by atoms with Crippen LogP contribution in [0.3, 0.4) is 0 Å². The van der Waals surface area contributed by atoms with Crippen LogP contribution >= 0.6 is 11.8 Å². The third-order valence-corrected chi connectivity index (χ3v) is 5.75. The molecular formula is C23H25N5O3S. The molecule has 4 aromatic rings. The van der Waals surface area contributed by atoms with E-state index in [-0.39, 0.29) is 0 Å². The van der Waals surface area contributed by atoms with Gasteiger partial charge in [0.15, 0.2) is 16.8 Å². The minimum absolute atomic E-state index is 0.295. The Labute approximate surface area is 191 Å². The summed E-state index contributed by atoms with van der Waals surface area (Å²) in [5.74, 6) is 3.35. The molecule has 2 aromatic heterocycles. The van der Waals surface area contributed by atoms with Crippen molar-refractivity contribution in [1.29, 1.82) is 0 Å². The van der Waals surface area contributed by atoms with E-state index < -0.39 is 0 Å². The van der Waals surface area contributed by atoms with E-state index in [0.29, 0.717) is 43.6 Å². The molecule has 9 heteroatoms. The second-order valence-electron chi connectivity index (χ2n) is 6.94. The number of hydrogen-bond donors (Lipinski definition) is 0. The smallest absolute Gasteiger partial charge is 0.226 e. The number of aryl methyl sites for hydroxylation is 1. The van der Waals surface area contributed by atoms with E-state index in [9.17, 15) is 0 Å². The number of benzene rings is 2. The molecule has 0 atom stereocenters. The van der Waals surface area contributed by atoms with Gasteiger partial charge in [-0.15, -0.1) is 10.2 Å². The molecule has 0 aliphatic rings. The van der Waals surface area contributed by atoms with Crippen LogP contribution in [0.15, 0.2) is 64.3 Å². The molecule has 0 unspecified atom stereocenters. The van der Waals surface area contributed by atoms with E-state index in [0.717, 1.165) is 27.9 Å². The van der Waals surface area contributed by atoms with Gasteiger partial charge in [0.05, 0.1) is 12.4 Å². The number of methoxy groups -OCH3 is 1. The van der Waals surface area contributed by atoms with Crippen LogP contribution in [0.4, 0.5) is 0 Å². The minimum atomic E-state index is 0.295. The van der Waals surface area contributed by atoms with Gasteiger partial charge < -0.3 is 18.6 Å². The Hall–Kier alpha value is -3.17. The summed E-state index contributed by atoms with van der Waals surface area (Å²) in [7, 11) is 1.68. The summed E-state index contributed by atoms with van der Waals surface area (Å²) in [6.07, 6.45) is 0.716. The van der Waals surface area contributed by atoms with Crippen molar-refractivity contribution < 1.29 is 14.0 Å². The molecule has 0 aliphatic heterocycles. The lowest BCUT2D eigenvalue weighted by Crippen LogP contribution is -2.12. The van der Waals surface area contributed by atoms with Crippen LogP contribution in [-0.4, -0.2) is 38.6 Å². The van der Waals surface area contributed by atoms with Crippen molar-refractivity contribution in [2.75, 3.05) is 13.7 Å². The Kier molecular flexibility index (Phi) is 7.52. The van der Waals surface area contributed by atoms with Gasteiger partial charge in [0.1, 0.15) is 12.4 Å². The summed E-state index contributed by atoms with van der Waals surface area (Å²) in [5.41, 5.74) is 2.14. The lowest BCUT2D eigenvalue weighted by atomic mass is 10.1. The normalized spacial score (nSPS) is 11.1. The Morgan fingerprint density at radius 2 is 1.84 bits per heavy atom. The van der Waals surface area contributed by atoms with Crippen molar-refractivity contribution >= 4 is 11.8 Å². The average Bonchev–Trinajstić information content (AvgIpc) is 3.47. The van der Waals surface area contributed by atoms with Gasteiger partial charge in [-0.25, -0.2) is 0 Å². The maximum atomic E-state index is 6.18. The lowest BCUT2D eigenvalue weighted by molar-refractivity contribution is 0.181. The van der Waals surface area contributed by atoms with E-state index in [1.165, 1.54) is 11.8 Å². The van der Waals surface area contributed by atoms with Crippen molar-refractivity contribution in [2.45, 2.75) is 37.4 Å². The van der Waals surface area contributed by atoms with Crippen molar-refractivity contribution in [3.8, 4) is 16.9 Å². The van der Waals surface area contributed by atoms with Gasteiger partial charge in [-0.1, -0.05) is 72.4 Å². The SMILES string of the molecule is CCc1nc(CSc2nnc(COc3ccccc3-c3ccccc3)n2CCOC)no1. The number of thioether (sulfide) groups is 1. The molecule has 0 amide bonds. The largest absolute Gasteiger partial charge is 0.485 e. The Morgan fingerprint density at radius 3 is 2.62 bits per heavy atom. The van der Waals surface area contributed by atoms with Gasteiger partial charge in [0.25, 0.3) is 0 Å². The van der Waals surface area contributed by atoms with Gasteiger partial charge in [0, 0.05) is 25.6 Å². The molecule has 0 radical (unpaired) electrons. The predicted octanol–water partition coefficient (Wildman–Crippen LogP) is 4.41. The van der Waals surface area contributed by atoms with Crippen LogP contribution in [0, 0.1) is 0 Å². The first kappa shape index (κ1) is 22.0. The van der Waals surface area contributed by atoms with Gasteiger partial charge in [-0.3, -0.25) is 0 Å². The molecular weight excluding hydrogens is 426 g/mol. The Balaban J connectivity index is 1.49.